The van der Waals surface area contributed by atoms with E-state index >= 15 is 0 Å². The lowest BCUT2D eigenvalue weighted by molar-refractivity contribution is 0.628. The molecule has 0 radical (unpaired) electrons. The number of aromatic nitrogens is 1. The lowest BCUT2D eigenvalue weighted by atomic mass is 10.1. The Bertz CT molecular complexity index is 1000. The van der Waals surface area contributed by atoms with Crippen LogP contribution in [0.15, 0.2) is 60.9 Å². The second-order valence-electron chi connectivity index (χ2n) is 6.50. The fourth-order valence-electron chi connectivity index (χ4n) is 3.57. The van der Waals surface area contributed by atoms with Crippen LogP contribution in [-0.4, -0.2) is 4.57 Å². The highest BCUT2D eigenvalue weighted by Crippen LogP contribution is 2.36. The molecule has 25 heavy (non-hydrogen) atoms. The van der Waals surface area contributed by atoms with E-state index in [0.717, 1.165) is 34.8 Å². The summed E-state index contributed by atoms with van der Waals surface area (Å²) in [5, 5.41) is 2.07. The predicted molar refractivity (Wildman–Crippen MR) is 96.8 cm³/mol. The van der Waals surface area contributed by atoms with Crippen LogP contribution in [0, 0.1) is 12.7 Å². The molecule has 0 saturated heterocycles. The van der Waals surface area contributed by atoms with Crippen molar-refractivity contribution >= 4 is 11.4 Å². The first kappa shape index (κ1) is 14.3. The number of hydrogen-bond donors (Lipinski definition) is 2. The number of rotatable bonds is 1. The second-order valence-corrected chi connectivity index (χ2v) is 6.50. The Kier molecular flexibility index (Phi) is 2.99. The summed E-state index contributed by atoms with van der Waals surface area (Å²) in [7, 11) is 0. The monoisotopic (exact) mass is 332 g/mol. The van der Waals surface area contributed by atoms with Crippen LogP contribution in [-0.2, 0) is 6.54 Å². The van der Waals surface area contributed by atoms with Crippen LogP contribution >= 0.6 is 0 Å². The number of nitrogens with zero attached hydrogens (tertiary/aromatic N) is 2. The molecule has 2 aromatic carbocycles. The summed E-state index contributed by atoms with van der Waals surface area (Å²) in [6, 6.07) is 15.3. The second kappa shape index (κ2) is 5.22. The van der Waals surface area contributed by atoms with E-state index in [-0.39, 0.29) is 5.82 Å². The van der Waals surface area contributed by atoms with Gasteiger partial charge in [0.1, 0.15) is 11.5 Å². The van der Waals surface area contributed by atoms with E-state index in [1.54, 1.807) is 0 Å². The van der Waals surface area contributed by atoms with Gasteiger partial charge in [0.2, 0.25) is 0 Å². The van der Waals surface area contributed by atoms with Gasteiger partial charge in [0, 0.05) is 24.5 Å². The molecule has 0 amide bonds. The fourth-order valence-corrected chi connectivity index (χ4v) is 3.57. The molecule has 0 bridgehead atoms. The standard InChI is InChI=1S/C20H17FN4/c1-13-2-7-18-16(8-13)12-24-11-15(14-3-5-17(21)6-4-14)9-19(24)20-10-22-23-25(18)20/h2-11,22-23H,12H2,1H3. The Morgan fingerprint density at radius 1 is 1.00 bits per heavy atom. The average Bonchev–Trinajstić information content (AvgIpc) is 3.21. The molecule has 1 aromatic heterocycles. The number of anilines is 1. The van der Waals surface area contributed by atoms with Crippen LogP contribution in [0.4, 0.5) is 10.1 Å². The van der Waals surface area contributed by atoms with Gasteiger partial charge in [0.25, 0.3) is 0 Å². The van der Waals surface area contributed by atoms with Crippen LogP contribution < -0.4 is 16.0 Å². The van der Waals surface area contributed by atoms with Gasteiger partial charge in [-0.3, -0.25) is 5.01 Å². The normalized spacial score (nSPS) is 15.0. The number of nitrogens with one attached hydrogen (secondary N) is 2. The summed E-state index contributed by atoms with van der Waals surface area (Å²) in [6.07, 6.45) is 4.10. The molecule has 0 spiro atoms. The quantitative estimate of drug-likeness (QED) is 0.711. The number of fused-ring (bicyclic) bond motifs is 5. The summed E-state index contributed by atoms with van der Waals surface area (Å²) < 4.78 is 15.5. The predicted octanol–water partition coefficient (Wildman–Crippen LogP) is 3.79. The van der Waals surface area contributed by atoms with Crippen molar-refractivity contribution in [1.82, 2.24) is 15.5 Å². The minimum Gasteiger partial charge on any atom is -0.341 e. The molecule has 3 aromatic rings. The third-order valence-electron chi connectivity index (χ3n) is 4.78. The maximum atomic E-state index is 13.2. The van der Waals surface area contributed by atoms with Crippen molar-refractivity contribution < 1.29 is 4.39 Å². The smallest absolute Gasteiger partial charge is 0.123 e. The van der Waals surface area contributed by atoms with Crippen LogP contribution in [0.5, 0.6) is 0 Å². The first-order valence-electron chi connectivity index (χ1n) is 8.26. The first-order valence-corrected chi connectivity index (χ1v) is 8.26. The lowest BCUT2D eigenvalue weighted by Crippen LogP contribution is -2.37. The van der Waals surface area contributed by atoms with Crippen molar-refractivity contribution in [2.24, 2.45) is 0 Å². The fraction of sp³-hybridized carbons (Fsp3) is 0.100. The van der Waals surface area contributed by atoms with Crippen molar-refractivity contribution in [3.8, 4) is 11.1 Å². The number of halogens is 1. The van der Waals surface area contributed by atoms with E-state index in [1.165, 1.54) is 23.3 Å². The molecule has 0 saturated carbocycles. The molecule has 5 rings (SSSR count). The largest absolute Gasteiger partial charge is 0.341 e. The van der Waals surface area contributed by atoms with E-state index in [1.807, 2.05) is 18.3 Å². The number of benzene rings is 2. The highest BCUT2D eigenvalue weighted by Gasteiger charge is 2.27. The number of hydrazine groups is 2. The van der Waals surface area contributed by atoms with Gasteiger partial charge in [-0.25, -0.2) is 4.39 Å². The third kappa shape index (κ3) is 2.24. The van der Waals surface area contributed by atoms with E-state index in [9.17, 15) is 4.39 Å². The Morgan fingerprint density at radius 3 is 2.68 bits per heavy atom. The number of hydrogen-bond acceptors (Lipinski definition) is 3. The van der Waals surface area contributed by atoms with Crippen LogP contribution in [0.3, 0.4) is 0 Å². The molecule has 4 nitrogen and oxygen atoms in total. The van der Waals surface area contributed by atoms with Gasteiger partial charge in [0.05, 0.1) is 11.4 Å². The highest BCUT2D eigenvalue weighted by atomic mass is 19.1. The van der Waals surface area contributed by atoms with Gasteiger partial charge in [-0.15, -0.1) is 5.53 Å². The molecule has 5 heteroatoms. The van der Waals surface area contributed by atoms with Crippen LogP contribution in [0.25, 0.3) is 16.8 Å². The molecule has 3 heterocycles. The minimum absolute atomic E-state index is 0.216. The van der Waals surface area contributed by atoms with E-state index in [4.69, 9.17) is 0 Å². The zero-order valence-corrected chi connectivity index (χ0v) is 13.8. The maximum absolute atomic E-state index is 13.2. The first-order chi connectivity index (χ1) is 12.2. The van der Waals surface area contributed by atoms with Gasteiger partial charge >= 0.3 is 0 Å². The van der Waals surface area contributed by atoms with Crippen molar-refractivity contribution in [2.75, 3.05) is 5.01 Å². The van der Waals surface area contributed by atoms with E-state index in [0.29, 0.717) is 0 Å². The summed E-state index contributed by atoms with van der Waals surface area (Å²) in [6.45, 7) is 2.90. The molecule has 0 aliphatic carbocycles. The van der Waals surface area contributed by atoms with E-state index in [2.05, 4.69) is 57.9 Å². The van der Waals surface area contributed by atoms with Crippen molar-refractivity contribution in [3.05, 3.63) is 83.6 Å². The summed E-state index contributed by atoms with van der Waals surface area (Å²) in [5.74, 6) is -0.216. The number of aryl methyl sites for hydroxylation is 1. The third-order valence-corrected chi connectivity index (χ3v) is 4.78. The Balaban J connectivity index is 1.67. The SMILES string of the molecule is Cc1ccc2c(c1)Cn1cc(-c3ccc(F)cc3)cc1C1=CNNN12. The highest BCUT2D eigenvalue weighted by molar-refractivity contribution is 5.83. The molecule has 0 fully saturated rings. The maximum Gasteiger partial charge on any atom is 0.123 e. The molecule has 0 unspecified atom stereocenters. The van der Waals surface area contributed by atoms with Crippen molar-refractivity contribution in [3.63, 3.8) is 0 Å². The van der Waals surface area contributed by atoms with Gasteiger partial charge in [0.15, 0.2) is 0 Å². The molecule has 0 atom stereocenters. The lowest BCUT2D eigenvalue weighted by Gasteiger charge is -2.21. The Morgan fingerprint density at radius 2 is 1.84 bits per heavy atom. The Labute approximate surface area is 145 Å². The van der Waals surface area contributed by atoms with Crippen LogP contribution in [0.2, 0.25) is 0 Å². The van der Waals surface area contributed by atoms with Gasteiger partial charge in [-0.2, -0.15) is 0 Å². The molecular weight excluding hydrogens is 315 g/mol. The van der Waals surface area contributed by atoms with Crippen LogP contribution in [0.1, 0.15) is 16.8 Å². The topological polar surface area (TPSA) is 32.2 Å². The van der Waals surface area contributed by atoms with Gasteiger partial charge in [-0.1, -0.05) is 29.8 Å². The molecule has 124 valence electrons. The summed E-state index contributed by atoms with van der Waals surface area (Å²) >= 11 is 0. The van der Waals surface area contributed by atoms with Gasteiger partial charge in [-0.05, 0) is 42.3 Å². The van der Waals surface area contributed by atoms with Gasteiger partial charge < -0.3 is 9.99 Å². The van der Waals surface area contributed by atoms with Crippen molar-refractivity contribution in [2.45, 2.75) is 13.5 Å². The molecule has 2 N–H and O–H groups in total. The average molecular weight is 332 g/mol. The Hall–Kier alpha value is -3.05. The summed E-state index contributed by atoms with van der Waals surface area (Å²) in [4.78, 5) is 0. The minimum atomic E-state index is -0.216. The summed E-state index contributed by atoms with van der Waals surface area (Å²) in [5.41, 5.74) is 14.2. The zero-order chi connectivity index (χ0) is 17.0. The molecule has 2 aliphatic rings. The van der Waals surface area contributed by atoms with Crippen molar-refractivity contribution in [1.29, 1.82) is 0 Å². The zero-order valence-electron chi connectivity index (χ0n) is 13.8. The van der Waals surface area contributed by atoms with E-state index < -0.39 is 0 Å². The molecular formula is C20H17FN4. The molecule has 2 aliphatic heterocycles.